The lowest BCUT2D eigenvalue weighted by atomic mass is 10.2. The maximum atomic E-state index is 13.0. The summed E-state index contributed by atoms with van der Waals surface area (Å²) < 4.78 is 39.2. The van der Waals surface area contributed by atoms with Gasteiger partial charge in [-0.15, -0.1) is 0 Å². The Hall–Kier alpha value is -2.45. The van der Waals surface area contributed by atoms with Gasteiger partial charge >= 0.3 is 0 Å². The van der Waals surface area contributed by atoms with Gasteiger partial charge in [0.2, 0.25) is 10.0 Å². The van der Waals surface area contributed by atoms with E-state index >= 15 is 0 Å². The molecular formula is C17H20FN3O3S. The normalized spacial score (nSPS) is 11.5. The third-order valence-electron chi connectivity index (χ3n) is 3.72. The fourth-order valence-corrected chi connectivity index (χ4v) is 3.79. The Morgan fingerprint density at radius 1 is 1.12 bits per heavy atom. The first kappa shape index (κ1) is 18.9. The van der Waals surface area contributed by atoms with Crippen LogP contribution in [0.2, 0.25) is 0 Å². The molecule has 2 aromatic rings. The number of rotatable bonds is 6. The first-order valence-electron chi connectivity index (χ1n) is 7.76. The zero-order valence-electron chi connectivity index (χ0n) is 14.0. The van der Waals surface area contributed by atoms with Crippen LogP contribution in [0.1, 0.15) is 24.2 Å². The van der Waals surface area contributed by atoms with E-state index in [0.717, 1.165) is 6.07 Å². The quantitative estimate of drug-likeness (QED) is 0.770. The molecule has 0 aromatic heterocycles. The van der Waals surface area contributed by atoms with Crippen LogP contribution in [0.4, 0.5) is 15.8 Å². The van der Waals surface area contributed by atoms with Crippen LogP contribution in [-0.2, 0) is 10.0 Å². The first-order valence-corrected chi connectivity index (χ1v) is 9.20. The van der Waals surface area contributed by atoms with E-state index in [2.05, 4.69) is 5.32 Å². The zero-order valence-corrected chi connectivity index (χ0v) is 14.8. The summed E-state index contributed by atoms with van der Waals surface area (Å²) in [6, 6.07) is 9.27. The van der Waals surface area contributed by atoms with Gasteiger partial charge < -0.3 is 11.1 Å². The molecule has 0 bridgehead atoms. The van der Waals surface area contributed by atoms with Crippen molar-refractivity contribution in [1.29, 1.82) is 0 Å². The summed E-state index contributed by atoms with van der Waals surface area (Å²) >= 11 is 0. The van der Waals surface area contributed by atoms with Crippen LogP contribution in [0.25, 0.3) is 0 Å². The zero-order chi connectivity index (χ0) is 18.6. The molecule has 2 aromatic carbocycles. The fraction of sp³-hybridized carbons (Fsp3) is 0.235. The summed E-state index contributed by atoms with van der Waals surface area (Å²) in [6.07, 6.45) is 0. The van der Waals surface area contributed by atoms with Gasteiger partial charge in [0.1, 0.15) is 5.82 Å². The van der Waals surface area contributed by atoms with Crippen LogP contribution < -0.4 is 11.1 Å². The van der Waals surface area contributed by atoms with E-state index in [1.54, 1.807) is 13.8 Å². The standard InChI is InChI=1S/C17H20FN3O3S/c1-3-21(4-2)25(23,24)14-8-5-12(6-9-14)17(22)20-16-10-7-13(18)11-15(16)19/h5-11H,3-4,19H2,1-2H3,(H,20,22). The number of amides is 1. The van der Waals surface area contributed by atoms with Crippen molar-refractivity contribution in [2.24, 2.45) is 0 Å². The highest BCUT2D eigenvalue weighted by atomic mass is 32.2. The number of sulfonamides is 1. The summed E-state index contributed by atoms with van der Waals surface area (Å²) in [7, 11) is -3.57. The SMILES string of the molecule is CCN(CC)S(=O)(=O)c1ccc(C(=O)Nc2ccc(F)cc2N)cc1. The van der Waals surface area contributed by atoms with E-state index in [0.29, 0.717) is 13.1 Å². The highest BCUT2D eigenvalue weighted by molar-refractivity contribution is 7.89. The molecule has 0 heterocycles. The highest BCUT2D eigenvalue weighted by Crippen LogP contribution is 2.21. The van der Waals surface area contributed by atoms with Gasteiger partial charge in [-0.1, -0.05) is 13.8 Å². The second-order valence-electron chi connectivity index (χ2n) is 5.30. The van der Waals surface area contributed by atoms with E-state index in [1.807, 2.05) is 0 Å². The lowest BCUT2D eigenvalue weighted by Crippen LogP contribution is -2.30. The van der Waals surface area contributed by atoms with Gasteiger partial charge in [-0.3, -0.25) is 4.79 Å². The van der Waals surface area contributed by atoms with E-state index in [9.17, 15) is 17.6 Å². The summed E-state index contributed by atoms with van der Waals surface area (Å²) in [4.78, 5) is 12.4. The molecule has 0 radical (unpaired) electrons. The molecular weight excluding hydrogens is 345 g/mol. The minimum atomic E-state index is -3.57. The Labute approximate surface area is 146 Å². The third kappa shape index (κ3) is 4.15. The maximum Gasteiger partial charge on any atom is 0.255 e. The molecule has 134 valence electrons. The number of nitrogens with one attached hydrogen (secondary N) is 1. The predicted molar refractivity (Wildman–Crippen MR) is 95.3 cm³/mol. The number of hydrogen-bond acceptors (Lipinski definition) is 4. The van der Waals surface area contributed by atoms with Crippen molar-refractivity contribution in [2.75, 3.05) is 24.1 Å². The van der Waals surface area contributed by atoms with Crippen LogP contribution in [-0.4, -0.2) is 31.7 Å². The lowest BCUT2D eigenvalue weighted by molar-refractivity contribution is 0.102. The second kappa shape index (κ2) is 7.62. The molecule has 0 saturated heterocycles. The molecule has 0 unspecified atom stereocenters. The number of benzene rings is 2. The smallest absolute Gasteiger partial charge is 0.255 e. The Kier molecular flexibility index (Phi) is 5.76. The van der Waals surface area contributed by atoms with Crippen LogP contribution >= 0.6 is 0 Å². The molecule has 0 saturated carbocycles. The van der Waals surface area contributed by atoms with E-state index in [4.69, 9.17) is 5.73 Å². The topological polar surface area (TPSA) is 92.5 Å². The average Bonchev–Trinajstić information content (AvgIpc) is 2.58. The summed E-state index contributed by atoms with van der Waals surface area (Å²) in [5.41, 5.74) is 6.31. The maximum absolute atomic E-state index is 13.0. The van der Waals surface area contributed by atoms with Crippen molar-refractivity contribution in [2.45, 2.75) is 18.7 Å². The number of nitrogens with two attached hydrogens (primary N) is 1. The molecule has 6 nitrogen and oxygen atoms in total. The number of anilines is 2. The second-order valence-corrected chi connectivity index (χ2v) is 7.24. The summed E-state index contributed by atoms with van der Waals surface area (Å²) in [6.45, 7) is 4.25. The van der Waals surface area contributed by atoms with Gasteiger partial charge in [-0.25, -0.2) is 12.8 Å². The predicted octanol–water partition coefficient (Wildman–Crippen LogP) is 2.69. The number of hydrogen-bond donors (Lipinski definition) is 2. The molecule has 1 amide bonds. The van der Waals surface area contributed by atoms with E-state index in [-0.39, 0.29) is 21.8 Å². The molecule has 0 fully saturated rings. The van der Waals surface area contributed by atoms with Gasteiger partial charge in [-0.05, 0) is 42.5 Å². The minimum Gasteiger partial charge on any atom is -0.397 e. The molecule has 0 aliphatic rings. The van der Waals surface area contributed by atoms with E-state index < -0.39 is 21.7 Å². The summed E-state index contributed by atoms with van der Waals surface area (Å²) in [5, 5.41) is 2.57. The third-order valence-corrected chi connectivity index (χ3v) is 5.79. The van der Waals surface area contributed by atoms with Crippen LogP contribution in [0.5, 0.6) is 0 Å². The largest absolute Gasteiger partial charge is 0.397 e. The van der Waals surface area contributed by atoms with Gasteiger partial charge in [0.25, 0.3) is 5.91 Å². The average molecular weight is 365 g/mol. The Balaban J connectivity index is 2.20. The van der Waals surface area contributed by atoms with E-state index in [1.165, 1.54) is 40.7 Å². The molecule has 0 atom stereocenters. The molecule has 25 heavy (non-hydrogen) atoms. The first-order chi connectivity index (χ1) is 11.8. The van der Waals surface area contributed by atoms with Crippen molar-refractivity contribution in [3.63, 3.8) is 0 Å². The monoisotopic (exact) mass is 365 g/mol. The molecule has 3 N–H and O–H groups in total. The van der Waals surface area contributed by atoms with Crippen LogP contribution in [0.15, 0.2) is 47.4 Å². The molecule has 8 heteroatoms. The van der Waals surface area contributed by atoms with Crippen molar-refractivity contribution in [1.82, 2.24) is 4.31 Å². The Morgan fingerprint density at radius 3 is 2.24 bits per heavy atom. The fourth-order valence-electron chi connectivity index (χ4n) is 2.33. The van der Waals surface area contributed by atoms with Crippen LogP contribution in [0, 0.1) is 5.82 Å². The van der Waals surface area contributed by atoms with Gasteiger partial charge in [0.05, 0.1) is 16.3 Å². The molecule has 2 rings (SSSR count). The minimum absolute atomic E-state index is 0.106. The van der Waals surface area contributed by atoms with Gasteiger partial charge in [0.15, 0.2) is 0 Å². The highest BCUT2D eigenvalue weighted by Gasteiger charge is 2.21. The lowest BCUT2D eigenvalue weighted by Gasteiger charge is -2.18. The number of halogens is 1. The number of nitrogens with zero attached hydrogens (tertiary/aromatic N) is 1. The number of carbonyl (C=O) groups excluding carboxylic acids is 1. The van der Waals surface area contributed by atoms with Gasteiger partial charge in [-0.2, -0.15) is 4.31 Å². The van der Waals surface area contributed by atoms with Crippen molar-refractivity contribution < 1.29 is 17.6 Å². The van der Waals surface area contributed by atoms with Crippen molar-refractivity contribution in [3.05, 3.63) is 53.8 Å². The van der Waals surface area contributed by atoms with Crippen molar-refractivity contribution >= 4 is 27.3 Å². The number of carbonyl (C=O) groups is 1. The molecule has 0 spiro atoms. The van der Waals surface area contributed by atoms with Crippen LogP contribution in [0.3, 0.4) is 0 Å². The number of nitrogen functional groups attached to an aromatic ring is 1. The molecule has 0 aliphatic heterocycles. The molecule has 0 aliphatic carbocycles. The van der Waals surface area contributed by atoms with Gasteiger partial charge in [0, 0.05) is 18.7 Å². The summed E-state index contributed by atoms with van der Waals surface area (Å²) in [5.74, 6) is -0.966. The van der Waals surface area contributed by atoms with Crippen molar-refractivity contribution in [3.8, 4) is 0 Å². The Bertz CT molecular complexity index is 863. The Morgan fingerprint density at radius 2 is 1.72 bits per heavy atom.